The zero-order valence-electron chi connectivity index (χ0n) is 37.2. The molecule has 5 saturated heterocycles. The molecular weight excluding hydrogens is 765 g/mol. The molecule has 0 aromatic heterocycles. The number of carbonyl (C=O) groups is 2. The lowest BCUT2D eigenvalue weighted by molar-refractivity contribution is -0.325. The molecule has 0 aliphatic carbocycles. The minimum atomic E-state index is -1.85. The van der Waals surface area contributed by atoms with Crippen molar-refractivity contribution in [3.8, 4) is 0 Å². The number of nitrogens with zero attached hydrogens (tertiary/aromatic N) is 2. The van der Waals surface area contributed by atoms with Gasteiger partial charge in [-0.3, -0.25) is 25.1 Å². The normalized spacial score (nSPS) is 36.8. The molecular formula is C46H82N6O8. The number of allylic oxidation sites excluding steroid dienone is 1. The van der Waals surface area contributed by atoms with Gasteiger partial charge in [0.1, 0.15) is 29.8 Å². The standard InChI is InChI=1S/C46H82N6O8/c1-3-36-22-16-17-26-44(59-36)33-35-24-25-37-39(45(27-19-21-34(2)58-45)50-43(49-44)52(35)37)41(54)57-32-18-14-12-10-8-6-4-5-7-9-11-13-15-23-38-40(53)51(31-20-29-47)42(55)46(56,60-38)28-30-48/h16,22,34-39,42-43,49-50,55-56H,3-15,17-21,23-33,47-48H2,1-2H3. The lowest BCUT2D eigenvalue weighted by Crippen LogP contribution is -2.81. The van der Waals surface area contributed by atoms with E-state index in [2.05, 4.69) is 41.5 Å². The number of rotatable bonds is 23. The van der Waals surface area contributed by atoms with E-state index in [0.29, 0.717) is 32.0 Å². The Bertz CT molecular complexity index is 1380. The lowest BCUT2D eigenvalue weighted by atomic mass is 9.79. The third kappa shape index (κ3) is 11.7. The number of hydrogen-bond donors (Lipinski definition) is 6. The van der Waals surface area contributed by atoms with Gasteiger partial charge in [-0.05, 0) is 90.6 Å². The fourth-order valence-electron chi connectivity index (χ4n) is 11.2. The number of nitrogens with one attached hydrogen (secondary N) is 2. The first-order chi connectivity index (χ1) is 29.1. The molecule has 14 nitrogen and oxygen atoms in total. The van der Waals surface area contributed by atoms with Crippen LogP contribution in [0.25, 0.3) is 0 Å². The van der Waals surface area contributed by atoms with E-state index < -0.39 is 23.8 Å². The maximum atomic E-state index is 14.1. The Morgan fingerprint density at radius 2 is 1.60 bits per heavy atom. The van der Waals surface area contributed by atoms with Crippen LogP contribution in [0.5, 0.6) is 0 Å². The average Bonchev–Trinajstić information content (AvgIpc) is 3.53. The number of amides is 1. The number of ether oxygens (including phenoxy) is 4. The SMILES string of the molecule is CCC1C=CCCC2(CC3CCC4C(C(=O)OCCCCCCCCCCCCCCCC5OC(O)(CCN)C(O)N(CCCN)C5=O)C5(CCCC(C)O5)NC(N2)N34)O1. The predicted molar refractivity (Wildman–Crippen MR) is 231 cm³/mol. The first-order valence-corrected chi connectivity index (χ1v) is 24.4. The molecule has 6 aliphatic rings. The van der Waals surface area contributed by atoms with E-state index in [4.69, 9.17) is 30.4 Å². The quantitative estimate of drug-likeness (QED) is 0.0437. The van der Waals surface area contributed by atoms with Gasteiger partial charge in [-0.15, -0.1) is 0 Å². The number of unbranched alkanes of at least 4 members (excludes halogenated alkanes) is 12. The Balaban J connectivity index is 0.829. The molecule has 11 atom stereocenters. The minimum absolute atomic E-state index is 0.0537. The number of aliphatic hydroxyl groups is 2. The lowest BCUT2D eigenvalue weighted by Gasteiger charge is -2.60. The van der Waals surface area contributed by atoms with Gasteiger partial charge in [-0.2, -0.15) is 0 Å². The summed E-state index contributed by atoms with van der Waals surface area (Å²) in [5.41, 5.74) is 10.2. The van der Waals surface area contributed by atoms with Crippen LogP contribution in [0, 0.1) is 5.92 Å². The molecule has 5 fully saturated rings. The van der Waals surface area contributed by atoms with Gasteiger partial charge in [0.25, 0.3) is 5.91 Å². The second kappa shape index (κ2) is 22.8. The van der Waals surface area contributed by atoms with Crippen LogP contribution >= 0.6 is 0 Å². The summed E-state index contributed by atoms with van der Waals surface area (Å²) in [6, 6.07) is 0.443. The maximum Gasteiger partial charge on any atom is 0.314 e. The highest BCUT2D eigenvalue weighted by Gasteiger charge is 2.64. The molecule has 6 heterocycles. The monoisotopic (exact) mass is 847 g/mol. The zero-order chi connectivity index (χ0) is 42.6. The van der Waals surface area contributed by atoms with E-state index >= 15 is 0 Å². The summed E-state index contributed by atoms with van der Waals surface area (Å²) < 4.78 is 25.5. The molecule has 344 valence electrons. The van der Waals surface area contributed by atoms with Crippen molar-refractivity contribution < 1.29 is 38.7 Å². The third-order valence-electron chi connectivity index (χ3n) is 14.4. The molecule has 6 aliphatic heterocycles. The highest BCUT2D eigenvalue weighted by atomic mass is 16.7. The van der Waals surface area contributed by atoms with Crippen LogP contribution in [-0.4, -0.2) is 118 Å². The number of esters is 1. The number of aliphatic hydroxyl groups excluding tert-OH is 1. The second-order valence-electron chi connectivity index (χ2n) is 18.9. The Kier molecular flexibility index (Phi) is 18.1. The van der Waals surface area contributed by atoms with Crippen LogP contribution in [0.15, 0.2) is 12.2 Å². The summed E-state index contributed by atoms with van der Waals surface area (Å²) in [4.78, 5) is 30.9. The number of carbonyl (C=O) groups excluding carboxylic acids is 2. The van der Waals surface area contributed by atoms with Crippen LogP contribution in [0.4, 0.5) is 0 Å². The van der Waals surface area contributed by atoms with Gasteiger partial charge in [0, 0.05) is 31.5 Å². The highest BCUT2D eigenvalue weighted by Crippen LogP contribution is 2.49. The molecule has 1 amide bonds. The van der Waals surface area contributed by atoms with Crippen LogP contribution < -0.4 is 22.1 Å². The van der Waals surface area contributed by atoms with Gasteiger partial charge >= 0.3 is 5.97 Å². The Morgan fingerprint density at radius 3 is 2.27 bits per heavy atom. The highest BCUT2D eigenvalue weighted by molar-refractivity contribution is 5.82. The number of nitrogens with two attached hydrogens (primary N) is 2. The zero-order valence-corrected chi connectivity index (χ0v) is 37.2. The summed E-state index contributed by atoms with van der Waals surface area (Å²) in [5, 5.41) is 29.4. The topological polar surface area (TPSA) is 194 Å². The van der Waals surface area contributed by atoms with E-state index in [1.165, 1.54) is 49.8 Å². The van der Waals surface area contributed by atoms with Crippen molar-refractivity contribution in [2.75, 3.05) is 26.2 Å². The van der Waals surface area contributed by atoms with Crippen molar-refractivity contribution in [1.82, 2.24) is 20.4 Å². The van der Waals surface area contributed by atoms with Gasteiger partial charge in [0.15, 0.2) is 6.23 Å². The number of morpholine rings is 1. The molecule has 0 saturated carbocycles. The largest absolute Gasteiger partial charge is 0.465 e. The van der Waals surface area contributed by atoms with E-state index in [-0.39, 0.29) is 67.6 Å². The molecule has 0 aromatic rings. The Morgan fingerprint density at radius 1 is 0.900 bits per heavy atom. The van der Waals surface area contributed by atoms with Crippen molar-refractivity contribution in [2.24, 2.45) is 17.4 Å². The van der Waals surface area contributed by atoms with Gasteiger partial charge in [-0.1, -0.05) is 96.1 Å². The van der Waals surface area contributed by atoms with E-state index in [0.717, 1.165) is 96.3 Å². The van der Waals surface area contributed by atoms with Gasteiger partial charge in [0.05, 0.1) is 18.8 Å². The van der Waals surface area contributed by atoms with E-state index in [9.17, 15) is 19.8 Å². The van der Waals surface area contributed by atoms with Gasteiger partial charge < -0.3 is 45.5 Å². The van der Waals surface area contributed by atoms with Crippen LogP contribution in [0.3, 0.4) is 0 Å². The molecule has 60 heavy (non-hydrogen) atoms. The van der Waals surface area contributed by atoms with Crippen LogP contribution in [-0.2, 0) is 28.5 Å². The first kappa shape index (κ1) is 47.8. The predicted octanol–water partition coefficient (Wildman–Crippen LogP) is 5.38. The Hall–Kier alpha value is -1.72. The van der Waals surface area contributed by atoms with Gasteiger partial charge in [-0.25, -0.2) is 0 Å². The van der Waals surface area contributed by atoms with Crippen LogP contribution in [0.2, 0.25) is 0 Å². The minimum Gasteiger partial charge on any atom is -0.465 e. The van der Waals surface area contributed by atoms with E-state index in [1.807, 2.05) is 0 Å². The smallest absolute Gasteiger partial charge is 0.314 e. The second-order valence-corrected chi connectivity index (χ2v) is 18.9. The summed E-state index contributed by atoms with van der Waals surface area (Å²) >= 11 is 0. The molecule has 6 rings (SSSR count). The summed E-state index contributed by atoms with van der Waals surface area (Å²) in [6.45, 7) is 5.61. The molecule has 11 unspecified atom stereocenters. The molecule has 0 radical (unpaired) electrons. The summed E-state index contributed by atoms with van der Waals surface area (Å²) in [5.74, 6) is -2.58. The van der Waals surface area contributed by atoms with Crippen molar-refractivity contribution in [3.05, 3.63) is 12.2 Å². The van der Waals surface area contributed by atoms with E-state index in [1.54, 1.807) is 0 Å². The van der Waals surface area contributed by atoms with Crippen molar-refractivity contribution in [1.29, 1.82) is 0 Å². The number of hydrogen-bond acceptors (Lipinski definition) is 13. The maximum absolute atomic E-state index is 14.1. The molecule has 2 spiro atoms. The third-order valence-corrected chi connectivity index (χ3v) is 14.4. The van der Waals surface area contributed by atoms with Crippen molar-refractivity contribution in [2.45, 2.75) is 235 Å². The van der Waals surface area contributed by atoms with Crippen LogP contribution in [0.1, 0.15) is 174 Å². The first-order valence-electron chi connectivity index (χ1n) is 24.4. The molecule has 14 heteroatoms. The average molecular weight is 847 g/mol. The fourth-order valence-corrected chi connectivity index (χ4v) is 11.2. The fraction of sp³-hybridized carbons (Fsp3) is 0.913. The molecule has 0 aromatic carbocycles. The van der Waals surface area contributed by atoms with Gasteiger partial charge in [0.2, 0.25) is 5.79 Å². The summed E-state index contributed by atoms with van der Waals surface area (Å²) in [7, 11) is 0. The molecule has 8 N–H and O–H groups in total. The molecule has 0 bridgehead atoms. The van der Waals surface area contributed by atoms with Crippen molar-refractivity contribution in [3.63, 3.8) is 0 Å². The van der Waals surface area contributed by atoms with Crippen molar-refractivity contribution >= 4 is 11.9 Å². The Labute approximate surface area is 360 Å². The summed E-state index contributed by atoms with van der Waals surface area (Å²) in [6.07, 6.45) is 26.9.